The van der Waals surface area contributed by atoms with E-state index in [0.29, 0.717) is 51.0 Å². The number of thioether (sulfide) groups is 1. The molecule has 1 unspecified atom stereocenters. The summed E-state index contributed by atoms with van der Waals surface area (Å²) in [6.45, 7) is 2.53. The van der Waals surface area contributed by atoms with Gasteiger partial charge in [0.15, 0.2) is 15.8 Å². The average molecular weight is 671 g/mol. The Balaban J connectivity index is 1.38. The van der Waals surface area contributed by atoms with Gasteiger partial charge in [-0.1, -0.05) is 83.2 Å². The molecule has 1 aliphatic heterocycles. The van der Waals surface area contributed by atoms with Crippen molar-refractivity contribution >= 4 is 57.3 Å². The van der Waals surface area contributed by atoms with Gasteiger partial charge in [-0.05, 0) is 60.0 Å². The molecule has 1 atom stereocenters. The van der Waals surface area contributed by atoms with Crippen molar-refractivity contribution < 1.29 is 24.2 Å². The second kappa shape index (κ2) is 14.2. The highest BCUT2D eigenvalue weighted by Gasteiger charge is 2.48. The number of carbonyl (C=O) groups excluding carboxylic acids is 2. The van der Waals surface area contributed by atoms with Crippen LogP contribution in [0.15, 0.2) is 107 Å². The molecule has 0 bridgehead atoms. The molecule has 0 saturated carbocycles. The summed E-state index contributed by atoms with van der Waals surface area (Å²) >= 11 is 8.65. The van der Waals surface area contributed by atoms with Crippen molar-refractivity contribution in [2.75, 3.05) is 11.5 Å². The first-order valence-electron chi connectivity index (χ1n) is 14.3. The number of Topliss-reactive ketones (excluding diaryl/α,β-unsaturated/α-hetero) is 1. The van der Waals surface area contributed by atoms with Crippen LogP contribution in [0.25, 0.3) is 5.76 Å². The van der Waals surface area contributed by atoms with Gasteiger partial charge in [0.2, 0.25) is 5.13 Å². The maximum absolute atomic E-state index is 13.7. The molecule has 0 aliphatic carbocycles. The van der Waals surface area contributed by atoms with Gasteiger partial charge in [-0.2, -0.15) is 0 Å². The van der Waals surface area contributed by atoms with E-state index in [2.05, 4.69) is 15.2 Å². The number of nitrogens with zero attached hydrogens (tertiary/aromatic N) is 4. The molecule has 9 nitrogen and oxygen atoms in total. The molecule has 0 radical (unpaired) electrons. The monoisotopic (exact) mass is 670 g/mol. The van der Waals surface area contributed by atoms with Crippen molar-refractivity contribution in [3.63, 3.8) is 0 Å². The lowest BCUT2D eigenvalue weighted by Crippen LogP contribution is -2.29. The van der Waals surface area contributed by atoms with Gasteiger partial charge in [-0.15, -0.1) is 10.2 Å². The van der Waals surface area contributed by atoms with Crippen LogP contribution in [-0.4, -0.2) is 38.6 Å². The summed E-state index contributed by atoms with van der Waals surface area (Å²) in [5.41, 5.74) is 2.82. The highest BCUT2D eigenvalue weighted by atomic mass is 35.5. The molecule has 12 heteroatoms. The van der Waals surface area contributed by atoms with E-state index in [9.17, 15) is 14.7 Å². The van der Waals surface area contributed by atoms with Crippen LogP contribution < -0.4 is 14.4 Å². The molecule has 1 amide bonds. The molecular weight excluding hydrogens is 644 g/mol. The van der Waals surface area contributed by atoms with E-state index in [1.165, 1.54) is 40.4 Å². The molecular formula is C34H27ClN4O5S2. The number of aromatic nitrogens is 3. The van der Waals surface area contributed by atoms with E-state index in [0.717, 1.165) is 11.1 Å². The Morgan fingerprint density at radius 1 is 0.935 bits per heavy atom. The van der Waals surface area contributed by atoms with Crippen LogP contribution >= 0.6 is 34.7 Å². The standard InChI is InChI=1S/C34H27ClN4O5S2/c1-2-43-27-18-24(10-13-26(27)44-19-21-6-4-3-5-7-21)29-28(30(40)23-14-16-36-17-15-23)31(41)32(42)39(29)33-37-38-34(46-33)45-20-22-8-11-25(35)12-9-22/h3-18,29,40H,2,19-20H2,1H3. The highest BCUT2D eigenvalue weighted by Crippen LogP contribution is 2.45. The molecule has 1 saturated heterocycles. The lowest BCUT2D eigenvalue weighted by Gasteiger charge is -2.23. The zero-order chi connectivity index (χ0) is 32.0. The van der Waals surface area contributed by atoms with Gasteiger partial charge >= 0.3 is 5.91 Å². The van der Waals surface area contributed by atoms with Gasteiger partial charge in [-0.3, -0.25) is 19.5 Å². The Morgan fingerprint density at radius 2 is 1.70 bits per heavy atom. The summed E-state index contributed by atoms with van der Waals surface area (Å²) in [5.74, 6) is -0.449. The average Bonchev–Trinajstić information content (AvgIpc) is 3.66. The second-order valence-electron chi connectivity index (χ2n) is 10.1. The van der Waals surface area contributed by atoms with Crippen molar-refractivity contribution in [1.82, 2.24) is 15.2 Å². The molecule has 1 aliphatic rings. The number of rotatable bonds is 11. The topological polar surface area (TPSA) is 115 Å². The number of ether oxygens (including phenoxy) is 2. The van der Waals surface area contributed by atoms with Crippen molar-refractivity contribution in [1.29, 1.82) is 0 Å². The number of benzene rings is 3. The van der Waals surface area contributed by atoms with Gasteiger partial charge in [0, 0.05) is 28.7 Å². The second-order valence-corrected chi connectivity index (χ2v) is 12.7. The molecule has 3 aromatic carbocycles. The first-order chi connectivity index (χ1) is 22.4. The Bertz CT molecular complexity index is 1890. The van der Waals surface area contributed by atoms with Crippen LogP contribution in [0.4, 0.5) is 5.13 Å². The van der Waals surface area contributed by atoms with E-state index < -0.39 is 17.7 Å². The van der Waals surface area contributed by atoms with Crippen molar-refractivity contribution in [3.8, 4) is 11.5 Å². The molecule has 3 heterocycles. The lowest BCUT2D eigenvalue weighted by molar-refractivity contribution is -0.132. The molecule has 0 spiro atoms. The third-order valence-corrected chi connectivity index (χ3v) is 9.48. The molecule has 46 heavy (non-hydrogen) atoms. The Hall–Kier alpha value is -4.71. The Morgan fingerprint density at radius 3 is 2.43 bits per heavy atom. The lowest BCUT2D eigenvalue weighted by atomic mass is 9.95. The maximum atomic E-state index is 13.7. The zero-order valence-corrected chi connectivity index (χ0v) is 26.9. The zero-order valence-electron chi connectivity index (χ0n) is 24.5. The van der Waals surface area contributed by atoms with Crippen molar-refractivity contribution in [2.45, 2.75) is 29.7 Å². The quantitative estimate of drug-likeness (QED) is 0.0502. The number of hydrogen-bond acceptors (Lipinski definition) is 10. The third kappa shape index (κ3) is 6.76. The summed E-state index contributed by atoms with van der Waals surface area (Å²) in [6, 6.07) is 24.6. The SMILES string of the molecule is CCOc1cc(C2C(=C(O)c3ccncc3)C(=O)C(=O)N2c2nnc(SCc3ccc(Cl)cc3)s2)ccc1OCc1ccccc1. The van der Waals surface area contributed by atoms with E-state index in [1.807, 2.05) is 61.5 Å². The number of aliphatic hydroxyl groups is 1. The normalized spacial score (nSPS) is 15.7. The van der Waals surface area contributed by atoms with E-state index in [-0.39, 0.29) is 16.5 Å². The minimum absolute atomic E-state index is 0.0813. The first-order valence-corrected chi connectivity index (χ1v) is 16.5. The molecule has 2 aromatic heterocycles. The number of halogens is 1. The number of amides is 1. The van der Waals surface area contributed by atoms with Crippen molar-refractivity contribution in [3.05, 3.63) is 130 Å². The van der Waals surface area contributed by atoms with Gasteiger partial charge in [0.05, 0.1) is 18.2 Å². The largest absolute Gasteiger partial charge is 0.507 e. The fourth-order valence-electron chi connectivity index (χ4n) is 4.91. The number of hydrogen-bond donors (Lipinski definition) is 1. The van der Waals surface area contributed by atoms with Gasteiger partial charge < -0.3 is 14.6 Å². The number of anilines is 1. The summed E-state index contributed by atoms with van der Waals surface area (Å²) in [7, 11) is 0. The third-order valence-electron chi connectivity index (χ3n) is 7.10. The van der Waals surface area contributed by atoms with Gasteiger partial charge in [0.25, 0.3) is 5.78 Å². The van der Waals surface area contributed by atoms with E-state index >= 15 is 0 Å². The maximum Gasteiger partial charge on any atom is 0.301 e. The first kappa shape index (κ1) is 31.3. The van der Waals surface area contributed by atoms with Crippen LogP contribution in [0.2, 0.25) is 5.02 Å². The fraction of sp³-hybridized carbons (Fsp3) is 0.147. The summed E-state index contributed by atoms with van der Waals surface area (Å²) < 4.78 is 12.7. The minimum atomic E-state index is -1.02. The minimum Gasteiger partial charge on any atom is -0.507 e. The van der Waals surface area contributed by atoms with Crippen LogP contribution in [0, 0.1) is 0 Å². The number of carbonyl (C=O) groups is 2. The molecule has 1 fully saturated rings. The van der Waals surface area contributed by atoms with Gasteiger partial charge in [-0.25, -0.2) is 0 Å². The van der Waals surface area contributed by atoms with Crippen molar-refractivity contribution in [2.24, 2.45) is 0 Å². The molecule has 5 aromatic rings. The summed E-state index contributed by atoms with van der Waals surface area (Å²) in [5, 5.41) is 20.9. The molecule has 1 N–H and O–H groups in total. The fourth-order valence-corrected chi connectivity index (χ4v) is 6.86. The van der Waals surface area contributed by atoms with E-state index in [4.69, 9.17) is 21.1 Å². The number of pyridine rings is 1. The summed E-state index contributed by atoms with van der Waals surface area (Å²) in [4.78, 5) is 32.6. The predicted octanol–water partition coefficient (Wildman–Crippen LogP) is 7.48. The summed E-state index contributed by atoms with van der Waals surface area (Å²) in [6.07, 6.45) is 3.00. The smallest absolute Gasteiger partial charge is 0.301 e. The highest BCUT2D eigenvalue weighted by molar-refractivity contribution is 8.00. The van der Waals surface area contributed by atoms with Crippen LogP contribution in [-0.2, 0) is 21.9 Å². The van der Waals surface area contributed by atoms with Gasteiger partial charge in [0.1, 0.15) is 12.4 Å². The number of ketones is 1. The molecule has 232 valence electrons. The Labute approximate surface area is 278 Å². The Kier molecular flexibility index (Phi) is 9.62. The van der Waals surface area contributed by atoms with Crippen LogP contribution in [0.3, 0.4) is 0 Å². The van der Waals surface area contributed by atoms with Crippen LogP contribution in [0.1, 0.15) is 35.2 Å². The van der Waals surface area contributed by atoms with Crippen LogP contribution in [0.5, 0.6) is 11.5 Å². The van der Waals surface area contributed by atoms with E-state index in [1.54, 1.807) is 30.3 Å². The predicted molar refractivity (Wildman–Crippen MR) is 178 cm³/mol. The number of aliphatic hydroxyl groups excluding tert-OH is 1. The molecule has 6 rings (SSSR count).